The number of alkyl halides is 3. The number of hydrogen-bond acceptors (Lipinski definition) is 7. The van der Waals surface area contributed by atoms with Crippen LogP contribution in [0, 0.1) is 5.82 Å². The Morgan fingerprint density at radius 1 is 1.19 bits per heavy atom. The maximum atomic E-state index is 13.2. The lowest BCUT2D eigenvalue weighted by Gasteiger charge is -2.23. The second kappa shape index (κ2) is 9.81. The molecule has 1 aliphatic heterocycles. The molecule has 0 spiro atoms. The van der Waals surface area contributed by atoms with Crippen molar-refractivity contribution in [1.29, 1.82) is 0 Å². The zero-order valence-electron chi connectivity index (χ0n) is 18.7. The van der Waals surface area contributed by atoms with Gasteiger partial charge in [0.15, 0.2) is 11.5 Å². The highest BCUT2D eigenvalue weighted by molar-refractivity contribution is 7.89. The molecule has 1 N–H and O–H groups in total. The molecule has 3 heterocycles. The lowest BCUT2D eigenvalue weighted by atomic mass is 10.2. The lowest BCUT2D eigenvalue weighted by Crippen LogP contribution is -2.45. The summed E-state index contributed by atoms with van der Waals surface area (Å²) in [6.07, 6.45) is -1.01. The van der Waals surface area contributed by atoms with Crippen molar-refractivity contribution in [2.45, 2.75) is 36.5 Å². The van der Waals surface area contributed by atoms with E-state index in [0.717, 1.165) is 39.4 Å². The van der Waals surface area contributed by atoms with E-state index in [0.29, 0.717) is 24.6 Å². The molecule has 2 aromatic heterocycles. The SMILES string of the molecule is COc1nn(-c2cnc(C(F)(F)F)cn2)cc1CNC(=O)[C@@H]1CCCN1S(=O)(=O)c1ccc(F)cc1. The maximum absolute atomic E-state index is 13.2. The van der Waals surface area contributed by atoms with Gasteiger partial charge in [0, 0.05) is 19.3 Å². The molecule has 1 aromatic carbocycles. The van der Waals surface area contributed by atoms with Crippen molar-refractivity contribution in [3.63, 3.8) is 0 Å². The number of amides is 1. The van der Waals surface area contributed by atoms with Crippen LogP contribution in [0.5, 0.6) is 5.88 Å². The molecule has 4 rings (SSSR count). The van der Waals surface area contributed by atoms with Gasteiger partial charge in [-0.25, -0.2) is 27.5 Å². The largest absolute Gasteiger partial charge is 0.480 e. The molecule has 1 amide bonds. The molecule has 1 aliphatic rings. The van der Waals surface area contributed by atoms with Crippen molar-refractivity contribution < 1.29 is 35.5 Å². The summed E-state index contributed by atoms with van der Waals surface area (Å²) in [4.78, 5) is 19.8. The molecular weight excluding hydrogens is 508 g/mol. The minimum atomic E-state index is -4.64. The lowest BCUT2D eigenvalue weighted by molar-refractivity contribution is -0.141. The second-order valence-corrected chi connectivity index (χ2v) is 9.70. The van der Waals surface area contributed by atoms with Crippen LogP contribution in [0.4, 0.5) is 17.6 Å². The third-order valence-corrected chi connectivity index (χ3v) is 7.41. The zero-order chi connectivity index (χ0) is 26.1. The predicted octanol–water partition coefficient (Wildman–Crippen LogP) is 2.30. The van der Waals surface area contributed by atoms with Crippen molar-refractivity contribution in [2.75, 3.05) is 13.7 Å². The fraction of sp³-hybridized carbons (Fsp3) is 0.333. The Hall–Kier alpha value is -3.59. The van der Waals surface area contributed by atoms with Crippen molar-refractivity contribution >= 4 is 15.9 Å². The van der Waals surface area contributed by atoms with E-state index in [1.54, 1.807) is 0 Å². The first-order chi connectivity index (χ1) is 17.0. The number of hydrogen-bond donors (Lipinski definition) is 1. The van der Waals surface area contributed by atoms with Gasteiger partial charge in [-0.2, -0.15) is 17.5 Å². The minimum absolute atomic E-state index is 0.00811. The Kier molecular flexibility index (Phi) is 6.95. The number of methoxy groups -OCH3 is 1. The normalized spacial score (nSPS) is 16.8. The average Bonchev–Trinajstić information content (AvgIpc) is 3.50. The first-order valence-corrected chi connectivity index (χ1v) is 12.0. The van der Waals surface area contributed by atoms with E-state index in [1.807, 2.05) is 0 Å². The standard InChI is InChI=1S/C21H20F4N6O4S/c1-35-20-13(12-30(29-20)18-11-26-17(10-27-18)21(23,24)25)9-28-19(32)16-3-2-8-31(16)36(33,34)15-6-4-14(22)5-7-15/h4-7,10-12,16H,2-3,8-9H2,1H3,(H,28,32)/t16-/m0/s1. The number of halogens is 4. The molecule has 1 fully saturated rings. The van der Waals surface area contributed by atoms with Crippen molar-refractivity contribution in [1.82, 2.24) is 29.4 Å². The second-order valence-electron chi connectivity index (χ2n) is 7.81. The molecule has 0 bridgehead atoms. The van der Waals surface area contributed by atoms with Crippen LogP contribution in [0.25, 0.3) is 5.82 Å². The highest BCUT2D eigenvalue weighted by Gasteiger charge is 2.39. The van der Waals surface area contributed by atoms with Crippen LogP contribution < -0.4 is 10.1 Å². The van der Waals surface area contributed by atoms with Crippen LogP contribution in [-0.2, 0) is 27.5 Å². The Labute approximate surface area is 203 Å². The van der Waals surface area contributed by atoms with Crippen LogP contribution in [-0.4, -0.2) is 58.1 Å². The van der Waals surface area contributed by atoms with Gasteiger partial charge >= 0.3 is 6.18 Å². The van der Waals surface area contributed by atoms with Crippen LogP contribution in [0.3, 0.4) is 0 Å². The molecule has 0 saturated carbocycles. The van der Waals surface area contributed by atoms with Gasteiger partial charge in [0.2, 0.25) is 21.8 Å². The fourth-order valence-corrected chi connectivity index (χ4v) is 5.38. The smallest absolute Gasteiger partial charge is 0.434 e. The maximum Gasteiger partial charge on any atom is 0.434 e. The number of nitrogens with zero attached hydrogens (tertiary/aromatic N) is 5. The van der Waals surface area contributed by atoms with E-state index in [9.17, 15) is 30.8 Å². The summed E-state index contributed by atoms with van der Waals surface area (Å²) in [6, 6.07) is 3.37. The summed E-state index contributed by atoms with van der Waals surface area (Å²) in [5.41, 5.74) is -0.784. The molecule has 0 unspecified atom stereocenters. The summed E-state index contributed by atoms with van der Waals surface area (Å²) >= 11 is 0. The molecule has 3 aromatic rings. The van der Waals surface area contributed by atoms with Crippen molar-refractivity contribution in [2.24, 2.45) is 0 Å². The topological polar surface area (TPSA) is 119 Å². The predicted molar refractivity (Wildman–Crippen MR) is 116 cm³/mol. The zero-order valence-corrected chi connectivity index (χ0v) is 19.6. The Morgan fingerprint density at radius 3 is 2.53 bits per heavy atom. The van der Waals surface area contributed by atoms with Crippen LogP contribution in [0.2, 0.25) is 0 Å². The molecule has 0 radical (unpaired) electrons. The number of sulfonamides is 1. The third kappa shape index (κ3) is 5.16. The number of carbonyl (C=O) groups is 1. The first-order valence-electron chi connectivity index (χ1n) is 10.6. The van der Waals surface area contributed by atoms with Crippen LogP contribution in [0.15, 0.2) is 47.8 Å². The van der Waals surface area contributed by atoms with Crippen LogP contribution >= 0.6 is 0 Å². The fourth-order valence-electron chi connectivity index (χ4n) is 3.72. The highest BCUT2D eigenvalue weighted by atomic mass is 32.2. The van der Waals surface area contributed by atoms with Gasteiger partial charge in [-0.3, -0.25) is 4.79 Å². The van der Waals surface area contributed by atoms with E-state index >= 15 is 0 Å². The molecule has 1 saturated heterocycles. The van der Waals surface area contributed by atoms with E-state index in [4.69, 9.17) is 4.74 Å². The summed E-state index contributed by atoms with van der Waals surface area (Å²) in [5, 5.41) is 6.74. The molecule has 192 valence electrons. The average molecular weight is 528 g/mol. The monoisotopic (exact) mass is 528 g/mol. The quantitative estimate of drug-likeness (QED) is 0.468. The number of carbonyl (C=O) groups excluding carboxylic acids is 1. The van der Waals surface area contributed by atoms with Gasteiger partial charge in [0.05, 0.1) is 30.0 Å². The number of rotatable bonds is 7. The van der Waals surface area contributed by atoms with Gasteiger partial charge in [-0.15, -0.1) is 5.10 Å². The first kappa shape index (κ1) is 25.5. The molecular formula is C21H20F4N6O4S. The molecule has 1 atom stereocenters. The van der Waals surface area contributed by atoms with Gasteiger partial charge in [0.25, 0.3) is 0 Å². The Bertz CT molecular complexity index is 1340. The summed E-state index contributed by atoms with van der Waals surface area (Å²) < 4.78 is 84.8. The molecule has 36 heavy (non-hydrogen) atoms. The number of nitrogens with one attached hydrogen (secondary N) is 1. The van der Waals surface area contributed by atoms with Gasteiger partial charge < -0.3 is 10.1 Å². The van der Waals surface area contributed by atoms with Gasteiger partial charge in [-0.05, 0) is 37.1 Å². The van der Waals surface area contributed by atoms with E-state index in [-0.39, 0.29) is 29.7 Å². The third-order valence-electron chi connectivity index (χ3n) is 5.49. The number of aromatic nitrogens is 4. The molecule has 10 nitrogen and oxygen atoms in total. The Morgan fingerprint density at radius 2 is 1.92 bits per heavy atom. The van der Waals surface area contributed by atoms with E-state index in [1.165, 1.54) is 13.3 Å². The molecule has 15 heteroatoms. The summed E-state index contributed by atoms with van der Waals surface area (Å²) in [7, 11) is -2.70. The van der Waals surface area contributed by atoms with Crippen LogP contribution in [0.1, 0.15) is 24.1 Å². The van der Waals surface area contributed by atoms with Gasteiger partial charge in [0.1, 0.15) is 11.9 Å². The highest BCUT2D eigenvalue weighted by Crippen LogP contribution is 2.28. The van der Waals surface area contributed by atoms with Crippen molar-refractivity contribution in [3.8, 4) is 11.7 Å². The summed E-state index contributed by atoms with van der Waals surface area (Å²) in [5.74, 6) is -1.06. The number of ether oxygens (including phenoxy) is 1. The number of benzene rings is 1. The molecule has 0 aliphatic carbocycles. The van der Waals surface area contributed by atoms with Crippen molar-refractivity contribution in [3.05, 3.63) is 59.9 Å². The van der Waals surface area contributed by atoms with E-state index < -0.39 is 39.7 Å². The minimum Gasteiger partial charge on any atom is -0.480 e. The Balaban J connectivity index is 1.47. The van der Waals surface area contributed by atoms with E-state index in [2.05, 4.69) is 20.4 Å². The van der Waals surface area contributed by atoms with Gasteiger partial charge in [-0.1, -0.05) is 0 Å². The summed E-state index contributed by atoms with van der Waals surface area (Å²) in [6.45, 7) is 0.0304.